The Morgan fingerprint density at radius 2 is 2.00 bits per heavy atom. The van der Waals surface area contributed by atoms with Gasteiger partial charge in [-0.25, -0.2) is 0 Å². The fourth-order valence-electron chi connectivity index (χ4n) is 1.75. The molecule has 0 aromatic carbocycles. The first-order valence-electron chi connectivity index (χ1n) is 5.29. The third-order valence-electron chi connectivity index (χ3n) is 2.73. The highest BCUT2D eigenvalue weighted by atomic mass is 16.4. The first-order chi connectivity index (χ1) is 6.82. The van der Waals surface area contributed by atoms with Gasteiger partial charge in [0.25, 0.3) is 0 Å². The van der Waals surface area contributed by atoms with Crippen molar-refractivity contribution in [2.75, 3.05) is 0 Å². The second-order valence-corrected chi connectivity index (χ2v) is 5.12. The maximum atomic E-state index is 11.9. The Morgan fingerprint density at radius 1 is 1.40 bits per heavy atom. The molecule has 1 unspecified atom stereocenters. The fourth-order valence-corrected chi connectivity index (χ4v) is 1.75. The van der Waals surface area contributed by atoms with E-state index < -0.39 is 5.97 Å². The number of carboxylic acid groups (broad SMARTS) is 1. The number of carbonyl (C=O) groups excluding carboxylic acids is 1. The van der Waals surface area contributed by atoms with E-state index in [0.29, 0.717) is 19.3 Å². The molecule has 0 fully saturated rings. The summed E-state index contributed by atoms with van der Waals surface area (Å²) in [6.07, 6.45) is 3.48. The van der Waals surface area contributed by atoms with Crippen LogP contribution in [-0.2, 0) is 9.59 Å². The summed E-state index contributed by atoms with van der Waals surface area (Å²) in [4.78, 5) is 22.6. The van der Waals surface area contributed by atoms with Gasteiger partial charge in [-0.3, -0.25) is 9.59 Å². The van der Waals surface area contributed by atoms with E-state index in [1.165, 1.54) is 0 Å². The van der Waals surface area contributed by atoms with Gasteiger partial charge in [0.05, 0.1) is 5.92 Å². The Kier molecular flexibility index (Phi) is 3.32. The summed E-state index contributed by atoms with van der Waals surface area (Å²) in [7, 11) is 0. The van der Waals surface area contributed by atoms with Crippen LogP contribution < -0.4 is 0 Å². The second-order valence-electron chi connectivity index (χ2n) is 5.12. The number of carboxylic acids is 1. The summed E-state index contributed by atoms with van der Waals surface area (Å²) in [6.45, 7) is 5.67. The normalized spacial score (nSPS) is 22.1. The van der Waals surface area contributed by atoms with Crippen LogP contribution in [0.25, 0.3) is 0 Å². The maximum absolute atomic E-state index is 11.9. The van der Waals surface area contributed by atoms with Crippen LogP contribution in [0.5, 0.6) is 0 Å². The van der Waals surface area contributed by atoms with Crippen molar-refractivity contribution in [3.05, 3.63) is 11.6 Å². The van der Waals surface area contributed by atoms with Crippen molar-refractivity contribution in [2.24, 2.45) is 11.3 Å². The summed E-state index contributed by atoms with van der Waals surface area (Å²) in [5.41, 5.74) is 0.446. The van der Waals surface area contributed by atoms with Crippen molar-refractivity contribution in [1.82, 2.24) is 0 Å². The smallest absolute Gasteiger partial charge is 0.306 e. The standard InChI is InChI=1S/C12H18O3/c1-12(2,3)10(13)8-4-6-9(7-5-8)11(14)15/h4,9H,5-7H2,1-3H3,(H,14,15). The van der Waals surface area contributed by atoms with Gasteiger partial charge >= 0.3 is 5.97 Å². The maximum Gasteiger partial charge on any atom is 0.306 e. The van der Waals surface area contributed by atoms with Gasteiger partial charge < -0.3 is 5.11 Å². The highest BCUT2D eigenvalue weighted by Crippen LogP contribution is 2.29. The van der Waals surface area contributed by atoms with Crippen molar-refractivity contribution >= 4 is 11.8 Å². The van der Waals surface area contributed by atoms with Crippen LogP contribution in [0.4, 0.5) is 0 Å². The Bertz CT molecular complexity index is 307. The Labute approximate surface area is 90.2 Å². The molecule has 0 bridgehead atoms. The monoisotopic (exact) mass is 210 g/mol. The van der Waals surface area contributed by atoms with Crippen molar-refractivity contribution < 1.29 is 14.7 Å². The summed E-state index contributed by atoms with van der Waals surface area (Å²) in [6, 6.07) is 0. The van der Waals surface area contributed by atoms with Crippen molar-refractivity contribution in [2.45, 2.75) is 40.0 Å². The van der Waals surface area contributed by atoms with Crippen LogP contribution in [0.1, 0.15) is 40.0 Å². The molecule has 3 heteroatoms. The van der Waals surface area contributed by atoms with Gasteiger partial charge in [-0.05, 0) is 24.8 Å². The predicted molar refractivity (Wildman–Crippen MR) is 57.5 cm³/mol. The molecule has 0 amide bonds. The van der Waals surface area contributed by atoms with Crippen LogP contribution in [-0.4, -0.2) is 16.9 Å². The molecule has 3 nitrogen and oxygen atoms in total. The van der Waals surface area contributed by atoms with Crippen LogP contribution >= 0.6 is 0 Å². The topological polar surface area (TPSA) is 54.4 Å². The summed E-state index contributed by atoms with van der Waals surface area (Å²) in [5, 5.41) is 8.81. The first kappa shape index (κ1) is 12.0. The third kappa shape index (κ3) is 2.91. The van der Waals surface area contributed by atoms with E-state index in [1.54, 1.807) is 6.08 Å². The lowest BCUT2D eigenvalue weighted by molar-refractivity contribution is -0.142. The Morgan fingerprint density at radius 3 is 2.33 bits per heavy atom. The molecule has 1 rings (SSSR count). The number of ketones is 1. The zero-order chi connectivity index (χ0) is 11.6. The van der Waals surface area contributed by atoms with E-state index in [4.69, 9.17) is 5.11 Å². The molecule has 15 heavy (non-hydrogen) atoms. The molecule has 0 aliphatic heterocycles. The summed E-state index contributed by atoms with van der Waals surface area (Å²) >= 11 is 0. The van der Waals surface area contributed by atoms with E-state index in [-0.39, 0.29) is 17.1 Å². The third-order valence-corrected chi connectivity index (χ3v) is 2.73. The Hall–Kier alpha value is -1.12. The van der Waals surface area contributed by atoms with Crippen LogP contribution in [0.2, 0.25) is 0 Å². The lowest BCUT2D eigenvalue weighted by Gasteiger charge is -2.23. The molecule has 0 spiro atoms. The van der Waals surface area contributed by atoms with Gasteiger partial charge in [0.2, 0.25) is 0 Å². The van der Waals surface area contributed by atoms with Crippen LogP contribution in [0.15, 0.2) is 11.6 Å². The van der Waals surface area contributed by atoms with E-state index in [9.17, 15) is 9.59 Å². The number of carbonyl (C=O) groups is 2. The van der Waals surface area contributed by atoms with Gasteiger partial charge in [0.1, 0.15) is 0 Å². The number of Topliss-reactive ketones (excluding diaryl/α,β-unsaturated/α-hetero) is 1. The number of aliphatic carboxylic acids is 1. The van der Waals surface area contributed by atoms with Gasteiger partial charge in [0.15, 0.2) is 5.78 Å². The molecule has 0 saturated carbocycles. The van der Waals surface area contributed by atoms with Crippen LogP contribution in [0.3, 0.4) is 0 Å². The highest BCUT2D eigenvalue weighted by molar-refractivity contribution is 5.99. The van der Waals surface area contributed by atoms with Gasteiger partial charge in [-0.15, -0.1) is 0 Å². The predicted octanol–water partition coefficient (Wildman–Crippen LogP) is 2.41. The number of allylic oxidation sites excluding steroid dienone is 2. The van der Waals surface area contributed by atoms with Gasteiger partial charge in [-0.2, -0.15) is 0 Å². The molecular weight excluding hydrogens is 192 g/mol. The van der Waals surface area contributed by atoms with E-state index in [0.717, 1.165) is 5.57 Å². The van der Waals surface area contributed by atoms with E-state index in [1.807, 2.05) is 20.8 Å². The molecule has 1 atom stereocenters. The molecule has 0 radical (unpaired) electrons. The van der Waals surface area contributed by atoms with Crippen LogP contribution in [0, 0.1) is 11.3 Å². The fraction of sp³-hybridized carbons (Fsp3) is 0.667. The molecule has 0 aromatic rings. The summed E-state index contributed by atoms with van der Waals surface area (Å²) in [5.74, 6) is -0.915. The SMILES string of the molecule is CC(C)(C)C(=O)C1=CCC(C(=O)O)CC1. The number of hydrogen-bond acceptors (Lipinski definition) is 2. The zero-order valence-electron chi connectivity index (χ0n) is 9.54. The van der Waals surface area contributed by atoms with Crippen molar-refractivity contribution in [3.63, 3.8) is 0 Å². The molecule has 0 aromatic heterocycles. The quantitative estimate of drug-likeness (QED) is 0.761. The minimum absolute atomic E-state index is 0.145. The van der Waals surface area contributed by atoms with Gasteiger partial charge in [0, 0.05) is 5.41 Å². The zero-order valence-corrected chi connectivity index (χ0v) is 9.54. The molecule has 1 aliphatic carbocycles. The second kappa shape index (κ2) is 4.17. The molecule has 1 N–H and O–H groups in total. The largest absolute Gasteiger partial charge is 0.481 e. The molecule has 0 saturated heterocycles. The molecule has 1 aliphatic rings. The van der Waals surface area contributed by atoms with E-state index in [2.05, 4.69) is 0 Å². The van der Waals surface area contributed by atoms with Crippen molar-refractivity contribution in [1.29, 1.82) is 0 Å². The lowest BCUT2D eigenvalue weighted by atomic mass is 9.80. The number of hydrogen-bond donors (Lipinski definition) is 1. The Balaban J connectivity index is 2.69. The number of rotatable bonds is 2. The molecular formula is C12H18O3. The minimum Gasteiger partial charge on any atom is -0.481 e. The summed E-state index contributed by atoms with van der Waals surface area (Å²) < 4.78 is 0. The highest BCUT2D eigenvalue weighted by Gasteiger charge is 2.29. The molecule has 0 heterocycles. The minimum atomic E-state index is -0.756. The first-order valence-corrected chi connectivity index (χ1v) is 5.29. The van der Waals surface area contributed by atoms with Gasteiger partial charge in [-0.1, -0.05) is 26.8 Å². The lowest BCUT2D eigenvalue weighted by Crippen LogP contribution is -2.25. The average Bonchev–Trinajstić information content (AvgIpc) is 2.15. The van der Waals surface area contributed by atoms with Crippen molar-refractivity contribution in [3.8, 4) is 0 Å². The molecule has 84 valence electrons. The average molecular weight is 210 g/mol. The van der Waals surface area contributed by atoms with E-state index >= 15 is 0 Å².